The van der Waals surface area contributed by atoms with Gasteiger partial charge in [0, 0.05) is 34.1 Å². The van der Waals surface area contributed by atoms with Crippen LogP contribution in [-0.2, 0) is 6.54 Å². The first-order valence-corrected chi connectivity index (χ1v) is 9.61. The van der Waals surface area contributed by atoms with Gasteiger partial charge in [0.15, 0.2) is 0 Å². The third kappa shape index (κ3) is 3.82. The van der Waals surface area contributed by atoms with Gasteiger partial charge in [-0.2, -0.15) is 0 Å². The summed E-state index contributed by atoms with van der Waals surface area (Å²) in [5, 5.41) is 0.993. The molecule has 1 amide bonds. The molecule has 2 aromatic carbocycles. The van der Waals surface area contributed by atoms with Gasteiger partial charge in [-0.15, -0.1) is 0 Å². The Kier molecular flexibility index (Phi) is 5.33. The van der Waals surface area contributed by atoms with Crippen molar-refractivity contribution in [2.45, 2.75) is 13.5 Å². The number of carbonyl (C=O) groups excluding carboxylic acids is 1. The molecule has 1 N–H and O–H groups in total. The molecule has 150 valence electrons. The van der Waals surface area contributed by atoms with Gasteiger partial charge < -0.3 is 9.88 Å². The fraction of sp³-hybridized carbons (Fsp3) is 0.0870. The molecule has 2 aromatic heterocycles. The number of anilines is 1. The summed E-state index contributed by atoms with van der Waals surface area (Å²) in [7, 11) is 0. The van der Waals surface area contributed by atoms with Crippen LogP contribution >= 0.6 is 11.6 Å². The lowest BCUT2D eigenvalue weighted by atomic mass is 10.1. The van der Waals surface area contributed by atoms with E-state index < -0.39 is 11.4 Å². The first kappa shape index (κ1) is 19.8. The average molecular weight is 422 g/mol. The van der Waals surface area contributed by atoms with E-state index in [0.717, 1.165) is 0 Å². The van der Waals surface area contributed by atoms with Gasteiger partial charge in [-0.25, -0.2) is 4.39 Å². The highest BCUT2D eigenvalue weighted by Gasteiger charge is 2.22. The standard InChI is InChI=1S/C23H17ClFN3O2/c1-14-18(8-4-10-26-14)23(30)28(17-6-2-5-16(24)12-17)13-15-11-21(29)27-22-19(15)7-3-9-20(22)25/h2-12H,13H2,1H3,(H,27,29). The van der Waals surface area contributed by atoms with Crippen molar-refractivity contribution >= 4 is 34.1 Å². The Bertz CT molecular complexity index is 1320. The van der Waals surface area contributed by atoms with E-state index in [1.165, 1.54) is 17.0 Å². The highest BCUT2D eigenvalue weighted by Crippen LogP contribution is 2.26. The summed E-state index contributed by atoms with van der Waals surface area (Å²) < 4.78 is 14.3. The van der Waals surface area contributed by atoms with Gasteiger partial charge in [-0.1, -0.05) is 29.8 Å². The summed E-state index contributed by atoms with van der Waals surface area (Å²) in [6, 6.07) is 16.2. The summed E-state index contributed by atoms with van der Waals surface area (Å²) in [5.74, 6) is -0.831. The number of hydrogen-bond acceptors (Lipinski definition) is 3. The minimum Gasteiger partial charge on any atom is -0.319 e. The zero-order valence-electron chi connectivity index (χ0n) is 16.0. The normalized spacial score (nSPS) is 10.9. The van der Waals surface area contributed by atoms with Crippen LogP contribution in [0.15, 0.2) is 71.7 Å². The van der Waals surface area contributed by atoms with Crippen LogP contribution in [0.3, 0.4) is 0 Å². The van der Waals surface area contributed by atoms with Gasteiger partial charge >= 0.3 is 0 Å². The van der Waals surface area contributed by atoms with E-state index in [0.29, 0.717) is 32.9 Å². The van der Waals surface area contributed by atoms with Crippen molar-refractivity contribution in [2.75, 3.05) is 4.90 Å². The quantitative estimate of drug-likeness (QED) is 0.511. The van der Waals surface area contributed by atoms with E-state index >= 15 is 0 Å². The van der Waals surface area contributed by atoms with Crippen LogP contribution in [0.4, 0.5) is 10.1 Å². The maximum Gasteiger partial charge on any atom is 0.260 e. The largest absolute Gasteiger partial charge is 0.319 e. The maximum atomic E-state index is 14.3. The highest BCUT2D eigenvalue weighted by atomic mass is 35.5. The molecular formula is C23H17ClFN3O2. The van der Waals surface area contributed by atoms with E-state index in [4.69, 9.17) is 11.6 Å². The molecular weight excluding hydrogens is 405 g/mol. The smallest absolute Gasteiger partial charge is 0.260 e. The van der Waals surface area contributed by atoms with E-state index in [-0.39, 0.29) is 18.0 Å². The lowest BCUT2D eigenvalue weighted by molar-refractivity contribution is 0.0984. The second kappa shape index (κ2) is 8.08. The van der Waals surface area contributed by atoms with Crippen LogP contribution in [0.2, 0.25) is 5.02 Å². The van der Waals surface area contributed by atoms with Gasteiger partial charge in [0.25, 0.3) is 5.91 Å². The summed E-state index contributed by atoms with van der Waals surface area (Å²) >= 11 is 6.16. The summed E-state index contributed by atoms with van der Waals surface area (Å²) in [5.41, 5.74) is 1.74. The molecule has 0 aliphatic carbocycles. The number of nitrogens with one attached hydrogen (secondary N) is 1. The second-order valence-electron chi connectivity index (χ2n) is 6.83. The topological polar surface area (TPSA) is 66.1 Å². The number of benzene rings is 2. The third-order valence-electron chi connectivity index (χ3n) is 4.84. The van der Waals surface area contributed by atoms with Crippen LogP contribution in [-0.4, -0.2) is 15.9 Å². The summed E-state index contributed by atoms with van der Waals surface area (Å²) in [4.78, 5) is 33.9. The molecule has 0 saturated carbocycles. The number of carbonyl (C=O) groups is 1. The number of halogens is 2. The molecule has 7 heteroatoms. The lowest BCUT2D eigenvalue weighted by Crippen LogP contribution is -2.31. The van der Waals surface area contributed by atoms with E-state index in [2.05, 4.69) is 9.97 Å². The predicted molar refractivity (Wildman–Crippen MR) is 115 cm³/mol. The molecule has 4 aromatic rings. The van der Waals surface area contributed by atoms with Gasteiger partial charge in [0.2, 0.25) is 5.56 Å². The number of hydrogen-bond donors (Lipinski definition) is 1. The lowest BCUT2D eigenvalue weighted by Gasteiger charge is -2.24. The molecule has 0 fully saturated rings. The number of fused-ring (bicyclic) bond motifs is 1. The van der Waals surface area contributed by atoms with E-state index in [1.54, 1.807) is 61.7 Å². The number of para-hydroxylation sites is 1. The Morgan fingerprint density at radius 3 is 2.70 bits per heavy atom. The Labute approximate surface area is 176 Å². The van der Waals surface area contributed by atoms with Crippen LogP contribution in [0.25, 0.3) is 10.9 Å². The van der Waals surface area contributed by atoms with Gasteiger partial charge in [-0.3, -0.25) is 14.6 Å². The number of aryl methyl sites for hydroxylation is 1. The van der Waals surface area contributed by atoms with Crippen LogP contribution in [0.1, 0.15) is 21.6 Å². The predicted octanol–water partition coefficient (Wildman–Crippen LogP) is 4.87. The first-order chi connectivity index (χ1) is 14.4. The summed E-state index contributed by atoms with van der Waals surface area (Å²) in [6.45, 7) is 1.80. The number of nitrogens with zero attached hydrogens (tertiary/aromatic N) is 2. The van der Waals surface area contributed by atoms with Crippen molar-refractivity contribution in [3.05, 3.63) is 105 Å². The van der Waals surface area contributed by atoms with Gasteiger partial charge in [0.05, 0.1) is 17.6 Å². The first-order valence-electron chi connectivity index (χ1n) is 9.23. The van der Waals surface area contributed by atoms with Crippen molar-refractivity contribution in [1.82, 2.24) is 9.97 Å². The molecule has 30 heavy (non-hydrogen) atoms. The average Bonchev–Trinajstić information content (AvgIpc) is 2.72. The number of amides is 1. The molecule has 5 nitrogen and oxygen atoms in total. The fourth-order valence-electron chi connectivity index (χ4n) is 3.40. The Morgan fingerprint density at radius 2 is 1.93 bits per heavy atom. The van der Waals surface area contributed by atoms with Crippen LogP contribution in [0.5, 0.6) is 0 Å². The van der Waals surface area contributed by atoms with E-state index in [1.807, 2.05) is 0 Å². The Hall–Kier alpha value is -3.51. The molecule has 4 rings (SSSR count). The highest BCUT2D eigenvalue weighted by molar-refractivity contribution is 6.31. The van der Waals surface area contributed by atoms with Gasteiger partial charge in [0.1, 0.15) is 5.82 Å². The van der Waals surface area contributed by atoms with Crippen molar-refractivity contribution in [2.24, 2.45) is 0 Å². The van der Waals surface area contributed by atoms with Crippen molar-refractivity contribution in [3.63, 3.8) is 0 Å². The summed E-state index contributed by atoms with van der Waals surface area (Å²) in [6.07, 6.45) is 1.61. The number of H-pyrrole nitrogens is 1. The number of aromatic amines is 1. The molecule has 0 radical (unpaired) electrons. The minimum atomic E-state index is -0.532. The van der Waals surface area contributed by atoms with Crippen molar-refractivity contribution < 1.29 is 9.18 Å². The zero-order chi connectivity index (χ0) is 21.3. The van der Waals surface area contributed by atoms with E-state index in [9.17, 15) is 14.0 Å². The molecule has 0 aliphatic heterocycles. The zero-order valence-corrected chi connectivity index (χ0v) is 16.8. The van der Waals surface area contributed by atoms with Gasteiger partial charge in [-0.05, 0) is 48.9 Å². The van der Waals surface area contributed by atoms with Crippen LogP contribution < -0.4 is 10.5 Å². The Morgan fingerprint density at radius 1 is 1.13 bits per heavy atom. The SMILES string of the molecule is Cc1ncccc1C(=O)N(Cc1cc(=O)[nH]c2c(F)cccc12)c1cccc(Cl)c1. The number of rotatable bonds is 4. The molecule has 0 unspecified atom stereocenters. The fourth-order valence-corrected chi connectivity index (χ4v) is 3.58. The monoisotopic (exact) mass is 421 g/mol. The van der Waals surface area contributed by atoms with Crippen LogP contribution in [0, 0.1) is 12.7 Å². The molecule has 0 bridgehead atoms. The molecule has 0 atom stereocenters. The molecule has 2 heterocycles. The van der Waals surface area contributed by atoms with Crippen molar-refractivity contribution in [3.8, 4) is 0 Å². The maximum absolute atomic E-state index is 14.3. The van der Waals surface area contributed by atoms with Crippen molar-refractivity contribution in [1.29, 1.82) is 0 Å². The molecule has 0 aliphatic rings. The minimum absolute atomic E-state index is 0.0530. The number of pyridine rings is 2. The third-order valence-corrected chi connectivity index (χ3v) is 5.08. The second-order valence-corrected chi connectivity index (χ2v) is 7.27. The molecule has 0 saturated heterocycles. The Balaban J connectivity index is 1.87. The number of aromatic nitrogens is 2. The molecule has 0 spiro atoms.